The molecule has 1 aliphatic carbocycles. The topological polar surface area (TPSA) is 77.3 Å². The molecule has 1 amide bonds. The van der Waals surface area contributed by atoms with E-state index >= 15 is 0 Å². The maximum Gasteiger partial charge on any atom is 0.288 e. The smallest absolute Gasteiger partial charge is 0.288 e. The second-order valence-electron chi connectivity index (χ2n) is 8.24. The molecule has 0 radical (unpaired) electrons. The third kappa shape index (κ3) is 4.90. The Bertz CT molecular complexity index is 894. The number of primary amides is 1. The van der Waals surface area contributed by atoms with Gasteiger partial charge in [0.05, 0.1) is 6.67 Å². The van der Waals surface area contributed by atoms with Gasteiger partial charge in [0, 0.05) is 29.9 Å². The minimum Gasteiger partial charge on any atom is -0.414 e. The fourth-order valence-electron chi connectivity index (χ4n) is 4.53. The fourth-order valence-corrected chi connectivity index (χ4v) is 4.84. The summed E-state index contributed by atoms with van der Waals surface area (Å²) in [6.45, 7) is 2.25. The molecule has 1 aromatic carbocycles. The molecular formula is C21H27ClN4O2S. The molecule has 8 heteroatoms. The molecule has 2 fully saturated rings. The lowest BCUT2D eigenvalue weighted by molar-refractivity contribution is -0.123. The highest BCUT2D eigenvalue weighted by molar-refractivity contribution is 7.71. The second kappa shape index (κ2) is 8.98. The average Bonchev–Trinajstić information content (AvgIpc) is 3.09. The monoisotopic (exact) mass is 434 g/mol. The van der Waals surface area contributed by atoms with E-state index in [1.165, 1.54) is 5.56 Å². The Morgan fingerprint density at radius 3 is 2.34 bits per heavy atom. The Morgan fingerprint density at radius 2 is 1.72 bits per heavy atom. The molecule has 156 valence electrons. The van der Waals surface area contributed by atoms with Gasteiger partial charge in [-0.15, -0.1) is 5.10 Å². The Hall–Kier alpha value is -1.70. The molecule has 2 aromatic rings. The Balaban J connectivity index is 1.33. The molecule has 0 atom stereocenters. The van der Waals surface area contributed by atoms with Crippen molar-refractivity contribution in [3.63, 3.8) is 0 Å². The Kier molecular flexibility index (Phi) is 6.37. The predicted octanol–water partition coefficient (Wildman–Crippen LogP) is 4.46. The Labute approximate surface area is 181 Å². The van der Waals surface area contributed by atoms with Crippen molar-refractivity contribution < 1.29 is 9.21 Å². The minimum atomic E-state index is -0.195. The fraction of sp³-hybridized carbons (Fsp3) is 0.571. The number of benzene rings is 1. The van der Waals surface area contributed by atoms with Crippen molar-refractivity contribution in [1.82, 2.24) is 14.7 Å². The molecule has 1 saturated carbocycles. The highest BCUT2D eigenvalue weighted by atomic mass is 35.5. The lowest BCUT2D eigenvalue weighted by atomic mass is 9.79. The van der Waals surface area contributed by atoms with Crippen LogP contribution in [0.25, 0.3) is 0 Å². The van der Waals surface area contributed by atoms with Gasteiger partial charge in [-0.3, -0.25) is 9.69 Å². The van der Waals surface area contributed by atoms with E-state index in [-0.39, 0.29) is 11.8 Å². The number of carbonyl (C=O) groups excluding carboxylic acids is 1. The molecule has 2 heterocycles. The maximum absolute atomic E-state index is 11.3. The predicted molar refractivity (Wildman–Crippen MR) is 114 cm³/mol. The highest BCUT2D eigenvalue weighted by Crippen LogP contribution is 2.40. The molecule has 0 unspecified atom stereocenters. The van der Waals surface area contributed by atoms with E-state index in [2.05, 4.69) is 22.1 Å². The van der Waals surface area contributed by atoms with Crippen molar-refractivity contribution in [2.75, 3.05) is 13.1 Å². The summed E-state index contributed by atoms with van der Waals surface area (Å²) in [7, 11) is 0. The first kappa shape index (κ1) is 20.6. The summed E-state index contributed by atoms with van der Waals surface area (Å²) in [4.78, 5) is 14.0. The summed E-state index contributed by atoms with van der Waals surface area (Å²) in [5, 5.41) is 5.47. The molecule has 4 rings (SSSR count). The molecule has 29 heavy (non-hydrogen) atoms. The van der Waals surface area contributed by atoms with Gasteiger partial charge in [-0.05, 0) is 74.4 Å². The van der Waals surface area contributed by atoms with Crippen molar-refractivity contribution in [3.05, 3.63) is 45.6 Å². The average molecular weight is 435 g/mol. The number of carbonyl (C=O) groups is 1. The minimum absolute atomic E-state index is 0.0112. The second-order valence-corrected chi connectivity index (χ2v) is 9.03. The van der Waals surface area contributed by atoms with Gasteiger partial charge >= 0.3 is 0 Å². The summed E-state index contributed by atoms with van der Waals surface area (Å²) >= 11 is 11.4. The zero-order valence-electron chi connectivity index (χ0n) is 16.4. The van der Waals surface area contributed by atoms with Gasteiger partial charge in [-0.25, -0.2) is 4.68 Å². The van der Waals surface area contributed by atoms with Crippen LogP contribution in [-0.4, -0.2) is 33.7 Å². The number of likely N-dealkylation sites (tertiary alicyclic amines) is 1. The highest BCUT2D eigenvalue weighted by Gasteiger charge is 2.28. The number of nitrogens with two attached hydrogens (primary N) is 1. The van der Waals surface area contributed by atoms with Crippen molar-refractivity contribution >= 4 is 29.7 Å². The first-order valence-corrected chi connectivity index (χ1v) is 11.1. The van der Waals surface area contributed by atoms with Gasteiger partial charge in [-0.2, -0.15) is 0 Å². The van der Waals surface area contributed by atoms with Gasteiger partial charge in [0.25, 0.3) is 4.84 Å². The molecule has 1 aliphatic heterocycles. The van der Waals surface area contributed by atoms with Gasteiger partial charge in [0.1, 0.15) is 0 Å². The lowest BCUT2D eigenvalue weighted by Crippen LogP contribution is -2.39. The number of hydrogen-bond donors (Lipinski definition) is 1. The molecular weight excluding hydrogens is 408 g/mol. The Morgan fingerprint density at radius 1 is 1.10 bits per heavy atom. The zero-order valence-corrected chi connectivity index (χ0v) is 18.0. The summed E-state index contributed by atoms with van der Waals surface area (Å²) in [5.74, 6) is 1.45. The standard InChI is InChI=1S/C21H27ClN4O2S/c22-18-7-5-15(6-8-18)14-1-3-17(4-2-14)20-24-26(21(29)28-20)13-25-11-9-16(10-12-25)19(23)27/h5-8,14,16-17H,1-4,9-13H2,(H2,23,27). The number of halogens is 1. The van der Waals surface area contributed by atoms with Gasteiger partial charge in [0.15, 0.2) is 0 Å². The van der Waals surface area contributed by atoms with Gasteiger partial charge in [-0.1, -0.05) is 23.7 Å². The van der Waals surface area contributed by atoms with Gasteiger partial charge in [0.2, 0.25) is 11.8 Å². The zero-order chi connectivity index (χ0) is 20.4. The van der Waals surface area contributed by atoms with Gasteiger partial charge < -0.3 is 10.2 Å². The van der Waals surface area contributed by atoms with E-state index in [4.69, 9.17) is 34.0 Å². The van der Waals surface area contributed by atoms with Crippen LogP contribution in [-0.2, 0) is 11.5 Å². The lowest BCUT2D eigenvalue weighted by Gasteiger charge is -2.29. The first-order valence-electron chi connectivity index (χ1n) is 10.3. The van der Waals surface area contributed by atoms with Crippen molar-refractivity contribution in [2.24, 2.45) is 11.7 Å². The van der Waals surface area contributed by atoms with Crippen LogP contribution >= 0.6 is 23.8 Å². The third-order valence-corrected chi connectivity index (χ3v) is 6.91. The maximum atomic E-state index is 11.3. The van der Waals surface area contributed by atoms with E-state index in [1.54, 1.807) is 4.68 Å². The molecule has 2 aliphatic rings. The van der Waals surface area contributed by atoms with Crippen LogP contribution in [0.2, 0.25) is 5.02 Å². The van der Waals surface area contributed by atoms with Crippen LogP contribution in [0.3, 0.4) is 0 Å². The molecule has 6 nitrogen and oxygen atoms in total. The third-order valence-electron chi connectivity index (χ3n) is 6.36. The van der Waals surface area contributed by atoms with Crippen LogP contribution in [0.4, 0.5) is 0 Å². The summed E-state index contributed by atoms with van der Waals surface area (Å²) in [5.41, 5.74) is 6.78. The molecule has 2 N–H and O–H groups in total. The number of piperidine rings is 1. The molecule has 0 spiro atoms. The number of aromatic nitrogens is 2. The first-order chi connectivity index (χ1) is 14.0. The SMILES string of the molecule is NC(=O)C1CCN(Cn2nc(C3CCC(c4ccc(Cl)cc4)CC3)oc2=S)CC1. The summed E-state index contributed by atoms with van der Waals surface area (Å²) in [6.07, 6.45) is 5.91. The van der Waals surface area contributed by atoms with Crippen molar-refractivity contribution in [1.29, 1.82) is 0 Å². The number of hydrogen-bond acceptors (Lipinski definition) is 5. The normalized spacial score (nSPS) is 23.9. The number of rotatable bonds is 5. The summed E-state index contributed by atoms with van der Waals surface area (Å²) in [6, 6.07) is 8.20. The van der Waals surface area contributed by atoms with Crippen molar-refractivity contribution in [3.8, 4) is 0 Å². The number of nitrogens with zero attached hydrogens (tertiary/aromatic N) is 3. The largest absolute Gasteiger partial charge is 0.414 e. The summed E-state index contributed by atoms with van der Waals surface area (Å²) < 4.78 is 7.64. The van der Waals surface area contributed by atoms with E-state index < -0.39 is 0 Å². The van der Waals surface area contributed by atoms with E-state index in [0.717, 1.165) is 62.5 Å². The van der Waals surface area contributed by atoms with E-state index in [9.17, 15) is 4.79 Å². The van der Waals surface area contributed by atoms with Crippen LogP contribution < -0.4 is 5.73 Å². The van der Waals surface area contributed by atoms with Crippen molar-refractivity contribution in [2.45, 2.75) is 57.0 Å². The molecule has 1 saturated heterocycles. The quantitative estimate of drug-likeness (QED) is 0.703. The van der Waals surface area contributed by atoms with E-state index in [1.807, 2.05) is 12.1 Å². The van der Waals surface area contributed by atoms with Crippen LogP contribution in [0.1, 0.15) is 61.8 Å². The molecule has 1 aromatic heterocycles. The van der Waals surface area contributed by atoms with E-state index in [0.29, 0.717) is 23.3 Å². The molecule has 0 bridgehead atoms. The van der Waals surface area contributed by atoms with Crippen LogP contribution in [0, 0.1) is 10.8 Å². The van der Waals surface area contributed by atoms with Crippen LogP contribution in [0.15, 0.2) is 28.7 Å². The number of amides is 1. The van der Waals surface area contributed by atoms with Crippen LogP contribution in [0.5, 0.6) is 0 Å².